The molecule has 1 aromatic carbocycles. The zero-order valence-electron chi connectivity index (χ0n) is 12.4. The van der Waals surface area contributed by atoms with E-state index in [-0.39, 0.29) is 5.41 Å². The van der Waals surface area contributed by atoms with Crippen LogP contribution in [0, 0.1) is 5.41 Å². The molecule has 5 heteroatoms. The van der Waals surface area contributed by atoms with Crippen molar-refractivity contribution >= 4 is 26.7 Å². The molecular formula is C15H23N3OS. The second kappa shape index (κ2) is 6.52. The van der Waals surface area contributed by atoms with E-state index in [9.17, 15) is 0 Å². The maximum atomic E-state index is 5.72. The van der Waals surface area contributed by atoms with Crippen molar-refractivity contribution in [2.24, 2.45) is 5.41 Å². The standard InChI is InChI=1S/C15H23N3OS/c1-15(2,6-7-19-3)10-17-9-11-4-5-12-13(8-11)20-14(16)18-12/h4-5,8,17H,6-7,9-10H2,1-3H3,(H2,16,18). The number of methoxy groups -OCH3 is 1. The van der Waals surface area contributed by atoms with Crippen LogP contribution in [0.2, 0.25) is 0 Å². The molecule has 0 saturated heterocycles. The highest BCUT2D eigenvalue weighted by atomic mass is 32.1. The van der Waals surface area contributed by atoms with E-state index in [1.807, 2.05) is 6.07 Å². The molecule has 2 aromatic rings. The smallest absolute Gasteiger partial charge is 0.181 e. The zero-order chi connectivity index (χ0) is 14.6. The summed E-state index contributed by atoms with van der Waals surface area (Å²) >= 11 is 1.54. The predicted molar refractivity (Wildman–Crippen MR) is 86.0 cm³/mol. The molecule has 0 amide bonds. The van der Waals surface area contributed by atoms with Gasteiger partial charge in [-0.1, -0.05) is 31.3 Å². The average Bonchev–Trinajstić information content (AvgIpc) is 2.75. The van der Waals surface area contributed by atoms with Crippen molar-refractivity contribution in [2.75, 3.05) is 26.0 Å². The van der Waals surface area contributed by atoms with Crippen LogP contribution >= 0.6 is 11.3 Å². The lowest BCUT2D eigenvalue weighted by Crippen LogP contribution is -2.30. The second-order valence-corrected chi connectivity index (χ2v) is 6.93. The summed E-state index contributed by atoms with van der Waals surface area (Å²) in [4.78, 5) is 4.27. The van der Waals surface area contributed by atoms with E-state index in [1.165, 1.54) is 16.9 Å². The molecule has 0 atom stereocenters. The number of benzene rings is 1. The van der Waals surface area contributed by atoms with Crippen LogP contribution in [0.4, 0.5) is 5.13 Å². The van der Waals surface area contributed by atoms with Gasteiger partial charge in [-0.3, -0.25) is 0 Å². The van der Waals surface area contributed by atoms with Crippen LogP contribution in [0.5, 0.6) is 0 Å². The number of fused-ring (bicyclic) bond motifs is 1. The molecule has 4 nitrogen and oxygen atoms in total. The largest absolute Gasteiger partial charge is 0.385 e. The molecule has 2 rings (SSSR count). The third kappa shape index (κ3) is 4.16. The van der Waals surface area contributed by atoms with Crippen molar-refractivity contribution in [1.82, 2.24) is 10.3 Å². The van der Waals surface area contributed by atoms with Crippen LogP contribution in [-0.4, -0.2) is 25.2 Å². The van der Waals surface area contributed by atoms with E-state index in [4.69, 9.17) is 10.5 Å². The maximum absolute atomic E-state index is 5.72. The summed E-state index contributed by atoms with van der Waals surface area (Å²) in [5, 5.41) is 4.15. The number of anilines is 1. The highest BCUT2D eigenvalue weighted by molar-refractivity contribution is 7.22. The van der Waals surface area contributed by atoms with Gasteiger partial charge in [0.15, 0.2) is 5.13 Å². The van der Waals surface area contributed by atoms with Gasteiger partial charge < -0.3 is 15.8 Å². The molecule has 1 aromatic heterocycles. The molecule has 0 aliphatic rings. The van der Waals surface area contributed by atoms with E-state index < -0.39 is 0 Å². The Morgan fingerprint density at radius 3 is 2.95 bits per heavy atom. The molecule has 0 aliphatic carbocycles. The molecule has 0 saturated carbocycles. The van der Waals surface area contributed by atoms with Crippen LogP contribution in [0.1, 0.15) is 25.8 Å². The van der Waals surface area contributed by atoms with E-state index in [1.54, 1.807) is 7.11 Å². The molecule has 0 radical (unpaired) electrons. The van der Waals surface area contributed by atoms with E-state index in [2.05, 4.69) is 36.3 Å². The monoisotopic (exact) mass is 293 g/mol. The predicted octanol–water partition coefficient (Wildman–Crippen LogP) is 3.03. The van der Waals surface area contributed by atoms with Crippen LogP contribution in [-0.2, 0) is 11.3 Å². The first-order valence-corrected chi connectivity index (χ1v) is 7.66. The fraction of sp³-hybridized carbons (Fsp3) is 0.533. The third-order valence-corrected chi connectivity index (χ3v) is 4.23. The Morgan fingerprint density at radius 2 is 2.20 bits per heavy atom. The average molecular weight is 293 g/mol. The molecule has 0 bridgehead atoms. The molecule has 1 heterocycles. The Labute approximate surface area is 124 Å². The molecule has 20 heavy (non-hydrogen) atoms. The molecule has 110 valence electrons. The first-order valence-electron chi connectivity index (χ1n) is 6.85. The quantitative estimate of drug-likeness (QED) is 0.824. The molecule has 0 fully saturated rings. The number of nitrogens with two attached hydrogens (primary N) is 1. The Bertz CT molecular complexity index is 565. The fourth-order valence-electron chi connectivity index (χ4n) is 2.11. The molecule has 3 N–H and O–H groups in total. The number of thiazole rings is 1. The summed E-state index contributed by atoms with van der Waals surface area (Å²) < 4.78 is 6.30. The molecule has 0 spiro atoms. The third-order valence-electron chi connectivity index (χ3n) is 3.39. The van der Waals surface area contributed by atoms with Gasteiger partial charge in [-0.15, -0.1) is 0 Å². The lowest BCUT2D eigenvalue weighted by molar-refractivity contribution is 0.150. The topological polar surface area (TPSA) is 60.2 Å². The summed E-state index contributed by atoms with van der Waals surface area (Å²) in [6, 6.07) is 6.31. The first-order chi connectivity index (χ1) is 9.50. The van der Waals surface area contributed by atoms with Gasteiger partial charge in [0.2, 0.25) is 0 Å². The highest BCUT2D eigenvalue weighted by Gasteiger charge is 2.16. The number of nitrogens with zero attached hydrogens (tertiary/aromatic N) is 1. The first kappa shape index (κ1) is 15.2. The summed E-state index contributed by atoms with van der Waals surface area (Å²) in [6.07, 6.45) is 1.06. The molecule has 0 aliphatic heterocycles. The lowest BCUT2D eigenvalue weighted by Gasteiger charge is -2.24. The van der Waals surface area contributed by atoms with E-state index in [0.717, 1.165) is 36.3 Å². The minimum Gasteiger partial charge on any atom is -0.385 e. The van der Waals surface area contributed by atoms with Gasteiger partial charge in [-0.2, -0.15) is 0 Å². The minimum atomic E-state index is 0.245. The van der Waals surface area contributed by atoms with Gasteiger partial charge in [0.25, 0.3) is 0 Å². The van der Waals surface area contributed by atoms with Crippen molar-refractivity contribution in [3.63, 3.8) is 0 Å². The van der Waals surface area contributed by atoms with Crippen molar-refractivity contribution in [1.29, 1.82) is 0 Å². The van der Waals surface area contributed by atoms with Gasteiger partial charge in [-0.05, 0) is 29.5 Å². The summed E-state index contributed by atoms with van der Waals surface area (Å²) in [5.41, 5.74) is 8.22. The van der Waals surface area contributed by atoms with Crippen molar-refractivity contribution in [3.8, 4) is 0 Å². The summed E-state index contributed by atoms with van der Waals surface area (Å²) in [5.74, 6) is 0. The van der Waals surface area contributed by atoms with Crippen molar-refractivity contribution < 1.29 is 4.74 Å². The van der Waals surface area contributed by atoms with Gasteiger partial charge in [0.05, 0.1) is 10.2 Å². The van der Waals surface area contributed by atoms with Crippen molar-refractivity contribution in [2.45, 2.75) is 26.8 Å². The second-order valence-electron chi connectivity index (χ2n) is 5.86. The van der Waals surface area contributed by atoms with Gasteiger partial charge in [-0.25, -0.2) is 4.98 Å². The summed E-state index contributed by atoms with van der Waals surface area (Å²) in [7, 11) is 1.75. The Kier molecular flexibility index (Phi) is 4.96. The number of hydrogen-bond donors (Lipinski definition) is 2. The normalized spacial score (nSPS) is 12.2. The minimum absolute atomic E-state index is 0.245. The maximum Gasteiger partial charge on any atom is 0.181 e. The lowest BCUT2D eigenvalue weighted by atomic mass is 9.89. The number of hydrogen-bond acceptors (Lipinski definition) is 5. The summed E-state index contributed by atoms with van der Waals surface area (Å²) in [6.45, 7) is 7.16. The Balaban J connectivity index is 1.89. The Morgan fingerprint density at radius 1 is 1.40 bits per heavy atom. The number of aromatic nitrogens is 1. The number of rotatable bonds is 7. The van der Waals surface area contributed by atoms with Gasteiger partial charge >= 0.3 is 0 Å². The molecule has 0 unspecified atom stereocenters. The van der Waals surface area contributed by atoms with Crippen LogP contribution in [0.25, 0.3) is 10.2 Å². The number of nitrogens with one attached hydrogen (secondary N) is 1. The van der Waals surface area contributed by atoms with Crippen LogP contribution < -0.4 is 11.1 Å². The number of nitrogen functional groups attached to an aromatic ring is 1. The fourth-order valence-corrected chi connectivity index (χ4v) is 2.91. The zero-order valence-corrected chi connectivity index (χ0v) is 13.2. The van der Waals surface area contributed by atoms with Crippen molar-refractivity contribution in [3.05, 3.63) is 23.8 Å². The van der Waals surface area contributed by atoms with Crippen LogP contribution in [0.15, 0.2) is 18.2 Å². The Hall–Kier alpha value is -1.17. The van der Waals surface area contributed by atoms with Gasteiger partial charge in [0.1, 0.15) is 0 Å². The molecular weight excluding hydrogens is 270 g/mol. The van der Waals surface area contributed by atoms with Gasteiger partial charge in [0, 0.05) is 26.8 Å². The van der Waals surface area contributed by atoms with E-state index >= 15 is 0 Å². The highest BCUT2D eigenvalue weighted by Crippen LogP contribution is 2.25. The number of ether oxygens (including phenoxy) is 1. The van der Waals surface area contributed by atoms with Crippen LogP contribution in [0.3, 0.4) is 0 Å². The SMILES string of the molecule is COCCC(C)(C)CNCc1ccc2nc(N)sc2c1. The van der Waals surface area contributed by atoms with E-state index in [0.29, 0.717) is 5.13 Å².